The lowest BCUT2D eigenvalue weighted by Gasteiger charge is -2.45. The fourth-order valence-corrected chi connectivity index (χ4v) is 0.946. The van der Waals surface area contributed by atoms with Gasteiger partial charge in [-0.25, -0.2) is 0 Å². The minimum Gasteiger partial charge on any atom is -0.192 e. The summed E-state index contributed by atoms with van der Waals surface area (Å²) in [7, 11) is 0. The molecule has 96 valence electrons. The predicted octanol–water partition coefficient (Wildman–Crippen LogP) is 2.68. The maximum Gasteiger partial charge on any atom is 0.392 e. The van der Waals surface area contributed by atoms with Crippen LogP contribution < -0.4 is 5.32 Å². The molecular formula is C5HF10N. The smallest absolute Gasteiger partial charge is 0.192 e. The van der Waals surface area contributed by atoms with Crippen LogP contribution in [0.2, 0.25) is 0 Å². The number of halogens is 10. The van der Waals surface area contributed by atoms with Crippen LogP contribution in [-0.4, -0.2) is 29.9 Å². The first-order valence-corrected chi connectivity index (χ1v) is 3.39. The monoisotopic (exact) mass is 265 g/mol. The van der Waals surface area contributed by atoms with Gasteiger partial charge in [0.25, 0.3) is 0 Å². The van der Waals surface area contributed by atoms with E-state index in [4.69, 9.17) is 0 Å². The van der Waals surface area contributed by atoms with Gasteiger partial charge in [-0.05, 0) is 0 Å². The van der Waals surface area contributed by atoms with Crippen molar-refractivity contribution in [1.82, 2.24) is 5.32 Å². The van der Waals surface area contributed by atoms with Gasteiger partial charge in [0.2, 0.25) is 0 Å². The van der Waals surface area contributed by atoms with Crippen LogP contribution in [0.4, 0.5) is 43.9 Å². The van der Waals surface area contributed by atoms with Crippen molar-refractivity contribution in [2.75, 3.05) is 0 Å². The highest BCUT2D eigenvalue weighted by molar-refractivity contribution is 5.12. The summed E-state index contributed by atoms with van der Waals surface area (Å²) in [6.45, 7) is 0. The van der Waals surface area contributed by atoms with E-state index in [9.17, 15) is 43.9 Å². The molecule has 0 aromatic carbocycles. The van der Waals surface area contributed by atoms with Gasteiger partial charge in [0.1, 0.15) is 0 Å². The van der Waals surface area contributed by atoms with E-state index in [0.29, 0.717) is 0 Å². The molecule has 1 saturated heterocycles. The van der Waals surface area contributed by atoms with Gasteiger partial charge in [0.05, 0.1) is 0 Å². The molecule has 0 spiro atoms. The average molecular weight is 265 g/mol. The molecule has 0 bridgehead atoms. The van der Waals surface area contributed by atoms with Gasteiger partial charge >= 0.3 is 29.9 Å². The number of hydrogen-bond acceptors (Lipinski definition) is 1. The van der Waals surface area contributed by atoms with Gasteiger partial charge in [0.15, 0.2) is 0 Å². The second kappa shape index (κ2) is 2.74. The summed E-state index contributed by atoms with van der Waals surface area (Å²) in [4.78, 5) is 0. The van der Waals surface area contributed by atoms with Crippen LogP contribution in [-0.2, 0) is 0 Å². The molecule has 0 radical (unpaired) electrons. The van der Waals surface area contributed by atoms with Crippen molar-refractivity contribution in [3.8, 4) is 0 Å². The molecule has 0 unspecified atom stereocenters. The third-order valence-corrected chi connectivity index (χ3v) is 1.89. The Morgan fingerprint density at radius 1 is 0.438 bits per heavy atom. The van der Waals surface area contributed by atoms with Gasteiger partial charge in [-0.2, -0.15) is 49.2 Å². The Balaban J connectivity index is 3.43. The zero-order chi connectivity index (χ0) is 13.2. The van der Waals surface area contributed by atoms with Crippen molar-refractivity contribution in [3.63, 3.8) is 0 Å². The van der Waals surface area contributed by atoms with Crippen LogP contribution >= 0.6 is 0 Å². The summed E-state index contributed by atoms with van der Waals surface area (Å²) in [5, 5.41) is -0.779. The summed E-state index contributed by atoms with van der Waals surface area (Å²) in [5.41, 5.74) is 0. The quantitative estimate of drug-likeness (QED) is 0.524. The number of nitrogens with one attached hydrogen (secondary N) is 1. The van der Waals surface area contributed by atoms with Crippen molar-refractivity contribution in [2.45, 2.75) is 29.9 Å². The molecule has 0 aromatic rings. The molecule has 0 amide bonds. The Morgan fingerprint density at radius 3 is 0.938 bits per heavy atom. The second-order valence-corrected chi connectivity index (χ2v) is 3.00. The van der Waals surface area contributed by atoms with E-state index >= 15 is 0 Å². The molecule has 1 rings (SSSR count). The highest BCUT2D eigenvalue weighted by Gasteiger charge is 2.92. The SMILES string of the molecule is FC1(F)NC(F)(F)C(F)(F)C(F)(F)C1(F)F. The fraction of sp³-hybridized carbons (Fsp3) is 1.00. The largest absolute Gasteiger partial charge is 0.392 e. The van der Waals surface area contributed by atoms with Crippen LogP contribution in [0.1, 0.15) is 0 Å². The molecule has 0 aliphatic carbocycles. The molecule has 1 heterocycles. The lowest BCUT2D eigenvalue weighted by atomic mass is 9.96. The molecule has 16 heavy (non-hydrogen) atoms. The third-order valence-electron chi connectivity index (χ3n) is 1.89. The molecule has 0 aromatic heterocycles. The highest BCUT2D eigenvalue weighted by Crippen LogP contribution is 2.59. The minimum absolute atomic E-state index is 0.779. The number of rotatable bonds is 0. The maximum atomic E-state index is 12.3. The molecule has 1 fully saturated rings. The second-order valence-electron chi connectivity index (χ2n) is 3.00. The molecule has 0 atom stereocenters. The Hall–Kier alpha value is -0.740. The lowest BCUT2D eigenvalue weighted by Crippen LogP contribution is -2.81. The number of piperidine rings is 1. The molecular weight excluding hydrogens is 264 g/mol. The van der Waals surface area contributed by atoms with Crippen molar-refractivity contribution in [3.05, 3.63) is 0 Å². The van der Waals surface area contributed by atoms with Crippen molar-refractivity contribution in [1.29, 1.82) is 0 Å². The van der Waals surface area contributed by atoms with Crippen LogP contribution in [0.15, 0.2) is 0 Å². The van der Waals surface area contributed by atoms with Gasteiger partial charge in [-0.1, -0.05) is 0 Å². The molecule has 11 heteroatoms. The Kier molecular flexibility index (Phi) is 2.28. The van der Waals surface area contributed by atoms with Crippen LogP contribution in [0, 0.1) is 0 Å². The Labute approximate surface area is 80.4 Å². The molecule has 1 N–H and O–H groups in total. The van der Waals surface area contributed by atoms with E-state index in [1.165, 1.54) is 0 Å². The maximum absolute atomic E-state index is 12.3. The normalized spacial score (nSPS) is 33.4. The minimum atomic E-state index is -6.89. The standard InChI is InChI=1S/C5HF10N/c6-1(7)2(8,9)4(12,13)16-5(14,15)3(1,10)11/h16H. The number of alkyl halides is 10. The van der Waals surface area contributed by atoms with Crippen LogP contribution in [0.25, 0.3) is 0 Å². The van der Waals surface area contributed by atoms with Gasteiger partial charge in [0, 0.05) is 0 Å². The first kappa shape index (κ1) is 13.3. The average Bonchev–Trinajstić information content (AvgIpc) is 1.98. The number of hydrogen-bond donors (Lipinski definition) is 1. The zero-order valence-electron chi connectivity index (χ0n) is 6.78. The fourth-order valence-electron chi connectivity index (χ4n) is 0.946. The Morgan fingerprint density at radius 2 is 0.688 bits per heavy atom. The Bertz CT molecular complexity index is 278. The first-order chi connectivity index (χ1) is 6.71. The zero-order valence-corrected chi connectivity index (χ0v) is 6.78. The summed E-state index contributed by atoms with van der Waals surface area (Å²) in [6.07, 6.45) is 0. The van der Waals surface area contributed by atoms with Gasteiger partial charge < -0.3 is 0 Å². The highest BCUT2D eigenvalue weighted by atomic mass is 19.4. The van der Waals surface area contributed by atoms with Crippen LogP contribution in [0.5, 0.6) is 0 Å². The first-order valence-electron chi connectivity index (χ1n) is 3.39. The molecule has 1 aliphatic rings. The molecule has 0 saturated carbocycles. The predicted molar refractivity (Wildman–Crippen MR) is 27.9 cm³/mol. The van der Waals surface area contributed by atoms with Crippen LogP contribution in [0.3, 0.4) is 0 Å². The van der Waals surface area contributed by atoms with Gasteiger partial charge in [-0.3, -0.25) is 0 Å². The van der Waals surface area contributed by atoms with Crippen molar-refractivity contribution in [2.24, 2.45) is 0 Å². The summed E-state index contributed by atoms with van der Waals surface area (Å²) in [5.74, 6) is -20.2. The summed E-state index contributed by atoms with van der Waals surface area (Å²) < 4.78 is 122. The van der Waals surface area contributed by atoms with E-state index < -0.39 is 35.2 Å². The van der Waals surface area contributed by atoms with E-state index in [0.717, 1.165) is 0 Å². The van der Waals surface area contributed by atoms with E-state index in [2.05, 4.69) is 0 Å². The lowest BCUT2D eigenvalue weighted by molar-refractivity contribution is -0.457. The molecule has 1 nitrogen and oxygen atoms in total. The summed E-state index contributed by atoms with van der Waals surface area (Å²) >= 11 is 0. The van der Waals surface area contributed by atoms with E-state index in [1.54, 1.807) is 0 Å². The van der Waals surface area contributed by atoms with Gasteiger partial charge in [-0.15, -0.1) is 0 Å². The van der Waals surface area contributed by atoms with Crippen molar-refractivity contribution < 1.29 is 43.9 Å². The summed E-state index contributed by atoms with van der Waals surface area (Å²) in [6, 6.07) is -12.3. The third kappa shape index (κ3) is 1.17. The van der Waals surface area contributed by atoms with Crippen molar-refractivity contribution >= 4 is 0 Å². The molecule has 1 aliphatic heterocycles. The van der Waals surface area contributed by atoms with E-state index in [-0.39, 0.29) is 0 Å². The topological polar surface area (TPSA) is 12.0 Å². The van der Waals surface area contributed by atoms with E-state index in [1.807, 2.05) is 0 Å².